The fraction of sp³-hybridized carbons (Fsp3) is 0.333. The van der Waals surface area contributed by atoms with Crippen LogP contribution in [0.2, 0.25) is 0 Å². The van der Waals surface area contributed by atoms with Gasteiger partial charge in [-0.1, -0.05) is 0 Å². The van der Waals surface area contributed by atoms with E-state index in [9.17, 15) is 4.57 Å². The van der Waals surface area contributed by atoms with Gasteiger partial charge in [-0.2, -0.15) is 0 Å². The van der Waals surface area contributed by atoms with Crippen LogP contribution < -0.4 is 5.32 Å². The summed E-state index contributed by atoms with van der Waals surface area (Å²) in [6.45, 7) is 0. The topological polar surface area (TPSA) is 85.4 Å². The molecular formula is C6H11N2O3P. The van der Waals surface area contributed by atoms with Crippen LogP contribution in [0, 0.1) is 0 Å². The lowest BCUT2D eigenvalue weighted by atomic mass is 10.4. The summed E-state index contributed by atoms with van der Waals surface area (Å²) in [5, 5.41) is 2.55. The molecule has 0 spiro atoms. The second kappa shape index (κ2) is 3.41. The highest BCUT2D eigenvalue weighted by Crippen LogP contribution is 2.48. The van der Waals surface area contributed by atoms with Crippen molar-refractivity contribution in [2.75, 3.05) is 7.05 Å². The molecular weight excluding hydrogens is 179 g/mol. The molecule has 1 rings (SSSR count). The van der Waals surface area contributed by atoms with Crippen molar-refractivity contribution in [1.82, 2.24) is 10.3 Å². The van der Waals surface area contributed by atoms with Crippen LogP contribution >= 0.6 is 7.60 Å². The molecule has 0 radical (unpaired) electrons. The van der Waals surface area contributed by atoms with Crippen molar-refractivity contribution in [3.05, 3.63) is 24.0 Å². The van der Waals surface area contributed by atoms with Gasteiger partial charge in [-0.15, -0.1) is 0 Å². The minimum absolute atomic E-state index is 0.492. The highest BCUT2D eigenvalue weighted by atomic mass is 31.2. The molecule has 0 aromatic carbocycles. The van der Waals surface area contributed by atoms with E-state index in [2.05, 4.69) is 10.3 Å². The van der Waals surface area contributed by atoms with E-state index in [0.717, 1.165) is 0 Å². The smallest absolute Gasteiger partial charge is 0.348 e. The van der Waals surface area contributed by atoms with Crippen LogP contribution in [0.25, 0.3) is 0 Å². The highest BCUT2D eigenvalue weighted by molar-refractivity contribution is 7.52. The number of hydrogen-bond acceptors (Lipinski definition) is 2. The second-order valence-electron chi connectivity index (χ2n) is 2.41. The number of aromatic nitrogens is 1. The van der Waals surface area contributed by atoms with Crippen molar-refractivity contribution in [2.45, 2.75) is 5.78 Å². The summed E-state index contributed by atoms with van der Waals surface area (Å²) in [7, 11) is -2.60. The molecule has 4 N–H and O–H groups in total. The molecule has 0 amide bonds. The molecule has 12 heavy (non-hydrogen) atoms. The maximum absolute atomic E-state index is 10.9. The molecule has 0 fully saturated rings. The summed E-state index contributed by atoms with van der Waals surface area (Å²) in [5.41, 5.74) is 0.492. The summed E-state index contributed by atoms with van der Waals surface area (Å²) < 4.78 is 10.9. The number of hydrogen-bond donors (Lipinski definition) is 4. The van der Waals surface area contributed by atoms with Crippen LogP contribution in [0.5, 0.6) is 0 Å². The van der Waals surface area contributed by atoms with E-state index < -0.39 is 13.4 Å². The maximum Gasteiger partial charge on any atom is 0.348 e. The third-order valence-corrected chi connectivity index (χ3v) is 2.74. The normalized spacial score (nSPS) is 14.6. The number of aromatic amines is 1. The minimum Gasteiger partial charge on any atom is -0.363 e. The largest absolute Gasteiger partial charge is 0.363 e. The van der Waals surface area contributed by atoms with Gasteiger partial charge in [-0.25, -0.2) is 0 Å². The zero-order valence-electron chi connectivity index (χ0n) is 6.56. The van der Waals surface area contributed by atoms with Gasteiger partial charge >= 0.3 is 7.60 Å². The van der Waals surface area contributed by atoms with E-state index in [4.69, 9.17) is 9.79 Å². The van der Waals surface area contributed by atoms with Gasteiger partial charge in [0.25, 0.3) is 0 Å². The van der Waals surface area contributed by atoms with Crippen molar-refractivity contribution in [1.29, 1.82) is 0 Å². The zero-order chi connectivity index (χ0) is 9.19. The molecule has 6 heteroatoms. The summed E-state index contributed by atoms with van der Waals surface area (Å²) in [5.74, 6) is -0.938. The van der Waals surface area contributed by atoms with Crippen LogP contribution in [0.4, 0.5) is 0 Å². The monoisotopic (exact) mass is 190 g/mol. The van der Waals surface area contributed by atoms with Gasteiger partial charge in [-0.05, 0) is 19.2 Å². The van der Waals surface area contributed by atoms with Crippen molar-refractivity contribution >= 4 is 7.60 Å². The van der Waals surface area contributed by atoms with Gasteiger partial charge in [0, 0.05) is 11.9 Å². The first-order valence-corrected chi connectivity index (χ1v) is 5.09. The summed E-state index contributed by atoms with van der Waals surface area (Å²) in [4.78, 5) is 20.5. The lowest BCUT2D eigenvalue weighted by molar-refractivity contribution is 0.350. The molecule has 0 saturated heterocycles. The highest BCUT2D eigenvalue weighted by Gasteiger charge is 2.29. The summed E-state index contributed by atoms with van der Waals surface area (Å²) in [6, 6.07) is 3.32. The first-order valence-electron chi connectivity index (χ1n) is 3.41. The lowest BCUT2D eigenvalue weighted by Crippen LogP contribution is -2.16. The van der Waals surface area contributed by atoms with Crippen LogP contribution in [0.3, 0.4) is 0 Å². The molecule has 0 bridgehead atoms. The van der Waals surface area contributed by atoms with Crippen molar-refractivity contribution < 1.29 is 14.4 Å². The maximum atomic E-state index is 10.9. The van der Waals surface area contributed by atoms with Crippen molar-refractivity contribution in [2.24, 2.45) is 0 Å². The van der Waals surface area contributed by atoms with E-state index >= 15 is 0 Å². The molecule has 1 heterocycles. The quantitative estimate of drug-likeness (QED) is 0.520. The Morgan fingerprint density at radius 2 is 2.33 bits per heavy atom. The standard InChI is InChI=1S/C6H11N2O3P/c1-7-6(12(9,10)11)5-3-2-4-8-5/h2-4,6-8H,1H3,(H2,9,10,11). The van der Waals surface area contributed by atoms with Crippen molar-refractivity contribution in [3.63, 3.8) is 0 Å². The molecule has 0 saturated carbocycles. The number of nitrogens with one attached hydrogen (secondary N) is 2. The average Bonchev–Trinajstić information content (AvgIpc) is 2.38. The Kier molecular flexibility index (Phi) is 2.69. The van der Waals surface area contributed by atoms with Gasteiger partial charge in [0.05, 0.1) is 0 Å². The van der Waals surface area contributed by atoms with Crippen LogP contribution in [0.1, 0.15) is 11.5 Å². The number of rotatable bonds is 3. The molecule has 1 atom stereocenters. The predicted molar refractivity (Wildman–Crippen MR) is 44.6 cm³/mol. The van der Waals surface area contributed by atoms with Gasteiger partial charge in [0.1, 0.15) is 0 Å². The van der Waals surface area contributed by atoms with Crippen LogP contribution in [-0.4, -0.2) is 21.8 Å². The van der Waals surface area contributed by atoms with Crippen LogP contribution in [0.15, 0.2) is 18.3 Å². The molecule has 68 valence electrons. The van der Waals surface area contributed by atoms with E-state index in [1.54, 1.807) is 18.3 Å². The van der Waals surface area contributed by atoms with E-state index in [1.807, 2.05) is 0 Å². The first-order chi connectivity index (χ1) is 5.55. The molecule has 0 aliphatic carbocycles. The van der Waals surface area contributed by atoms with Crippen molar-refractivity contribution in [3.8, 4) is 0 Å². The van der Waals surface area contributed by atoms with Crippen LogP contribution in [-0.2, 0) is 4.57 Å². The van der Waals surface area contributed by atoms with Gasteiger partial charge in [0.2, 0.25) is 0 Å². The Morgan fingerprint density at radius 3 is 2.67 bits per heavy atom. The molecule has 0 aliphatic rings. The Bertz CT molecular complexity index is 279. The Morgan fingerprint density at radius 1 is 1.67 bits per heavy atom. The summed E-state index contributed by atoms with van der Waals surface area (Å²) in [6.07, 6.45) is 1.62. The third-order valence-electron chi connectivity index (χ3n) is 1.53. The minimum atomic E-state index is -4.11. The lowest BCUT2D eigenvalue weighted by Gasteiger charge is -2.15. The van der Waals surface area contributed by atoms with Gasteiger partial charge in [0.15, 0.2) is 5.78 Å². The Hall–Kier alpha value is -0.610. The molecule has 0 aliphatic heterocycles. The fourth-order valence-electron chi connectivity index (χ4n) is 1.02. The van der Waals surface area contributed by atoms with Gasteiger partial charge in [-0.3, -0.25) is 4.57 Å². The first kappa shape index (κ1) is 9.48. The summed E-state index contributed by atoms with van der Waals surface area (Å²) >= 11 is 0. The Balaban J connectivity index is 2.92. The van der Waals surface area contributed by atoms with E-state index in [1.165, 1.54) is 7.05 Å². The molecule has 5 nitrogen and oxygen atoms in total. The average molecular weight is 190 g/mol. The molecule has 1 aromatic rings. The van der Waals surface area contributed by atoms with Gasteiger partial charge < -0.3 is 20.1 Å². The molecule has 1 aromatic heterocycles. The Labute approximate surface area is 70.0 Å². The van der Waals surface area contributed by atoms with E-state index in [0.29, 0.717) is 5.69 Å². The third kappa shape index (κ3) is 1.95. The SMILES string of the molecule is CNC(c1ccc[nH]1)P(=O)(O)O. The number of H-pyrrole nitrogens is 1. The molecule has 1 unspecified atom stereocenters. The zero-order valence-corrected chi connectivity index (χ0v) is 7.45. The predicted octanol–water partition coefficient (Wildman–Crippen LogP) is 0.410. The fourth-order valence-corrected chi connectivity index (χ4v) is 1.88. The second-order valence-corrected chi connectivity index (χ2v) is 4.10. The van der Waals surface area contributed by atoms with E-state index in [-0.39, 0.29) is 0 Å².